The number of aromatic nitrogens is 2. The number of rotatable bonds is 8. The Labute approximate surface area is 188 Å². The lowest BCUT2D eigenvalue weighted by atomic mass is 10.1. The fourth-order valence-corrected chi connectivity index (χ4v) is 3.85. The number of aromatic amines is 1. The van der Waals surface area contributed by atoms with E-state index in [1.807, 2.05) is 0 Å². The molecule has 0 aliphatic rings. The van der Waals surface area contributed by atoms with Crippen molar-refractivity contribution >= 4 is 52.2 Å². The molecule has 0 saturated heterocycles. The number of aryl methyl sites for hydroxylation is 1. The summed E-state index contributed by atoms with van der Waals surface area (Å²) in [7, 11) is 0. The number of fused-ring (bicyclic) bond motifs is 1. The van der Waals surface area contributed by atoms with Crippen molar-refractivity contribution in [3.05, 3.63) is 52.1 Å². The van der Waals surface area contributed by atoms with Crippen LogP contribution >= 0.6 is 35.3 Å². The fourth-order valence-electron chi connectivity index (χ4n) is 2.98. The van der Waals surface area contributed by atoms with E-state index in [9.17, 15) is 0 Å². The number of aliphatic imine (C=N–C) groups is 1. The Bertz CT molecular complexity index is 884. The Morgan fingerprint density at radius 2 is 2.07 bits per heavy atom. The molecule has 5 nitrogen and oxygen atoms in total. The van der Waals surface area contributed by atoms with Crippen LogP contribution in [0.15, 0.2) is 40.8 Å². The Balaban J connectivity index is 0.00000280. The first-order valence-corrected chi connectivity index (χ1v) is 10.6. The van der Waals surface area contributed by atoms with Gasteiger partial charge in [-0.1, -0.05) is 32.0 Å². The molecule has 0 saturated carbocycles. The van der Waals surface area contributed by atoms with Crippen LogP contribution in [0.5, 0.6) is 0 Å². The van der Waals surface area contributed by atoms with Crippen molar-refractivity contribution in [3.8, 4) is 0 Å². The smallest absolute Gasteiger partial charge is 0.191 e. The number of halogens is 1. The number of hydrogen-bond donors (Lipinski definition) is 3. The van der Waals surface area contributed by atoms with E-state index >= 15 is 0 Å². The molecule has 152 valence electrons. The quantitative estimate of drug-likeness (QED) is 0.172. The van der Waals surface area contributed by atoms with Crippen molar-refractivity contribution < 1.29 is 0 Å². The SMILES string of the molecule is CCNC(=NCc1nc(C(C)C)cs1)NCCCc1c[nH]c2ccccc12.I. The van der Waals surface area contributed by atoms with Gasteiger partial charge < -0.3 is 15.6 Å². The number of thiazole rings is 1. The third-order valence-corrected chi connectivity index (χ3v) is 5.32. The highest BCUT2D eigenvalue weighted by atomic mass is 127. The Morgan fingerprint density at radius 1 is 1.25 bits per heavy atom. The zero-order valence-corrected chi connectivity index (χ0v) is 19.9. The van der Waals surface area contributed by atoms with Gasteiger partial charge in [0.2, 0.25) is 0 Å². The van der Waals surface area contributed by atoms with Crippen LogP contribution < -0.4 is 10.6 Å². The minimum absolute atomic E-state index is 0. The first-order valence-electron chi connectivity index (χ1n) is 9.68. The van der Waals surface area contributed by atoms with Crippen LogP contribution in [0, 0.1) is 0 Å². The predicted molar refractivity (Wildman–Crippen MR) is 131 cm³/mol. The van der Waals surface area contributed by atoms with Crippen LogP contribution in [0.1, 0.15) is 49.4 Å². The standard InChI is InChI=1S/C21H29N5S.HI/c1-4-22-21(25-13-20-26-19(14-27-20)15(2)3)23-11-7-8-16-12-24-18-10-6-5-9-17(16)18;/h5-6,9-10,12,14-15,24H,4,7-8,11,13H2,1-3H3,(H2,22,23,25);1H. The largest absolute Gasteiger partial charge is 0.361 e. The van der Waals surface area contributed by atoms with Gasteiger partial charge in [-0.15, -0.1) is 35.3 Å². The summed E-state index contributed by atoms with van der Waals surface area (Å²) in [5.74, 6) is 1.33. The van der Waals surface area contributed by atoms with Gasteiger partial charge in [-0.05, 0) is 37.3 Å². The lowest BCUT2D eigenvalue weighted by molar-refractivity contribution is 0.744. The molecule has 3 aromatic rings. The molecule has 0 amide bonds. The zero-order valence-electron chi connectivity index (χ0n) is 16.8. The molecule has 0 atom stereocenters. The van der Waals surface area contributed by atoms with Crippen molar-refractivity contribution in [2.24, 2.45) is 4.99 Å². The van der Waals surface area contributed by atoms with Gasteiger partial charge in [0.05, 0.1) is 12.2 Å². The molecule has 0 bridgehead atoms. The van der Waals surface area contributed by atoms with E-state index in [-0.39, 0.29) is 24.0 Å². The topological polar surface area (TPSA) is 65.1 Å². The Hall–Kier alpha value is -1.61. The molecule has 2 aromatic heterocycles. The van der Waals surface area contributed by atoms with Crippen LogP contribution in [-0.4, -0.2) is 29.0 Å². The molecule has 0 aliphatic carbocycles. The van der Waals surface area contributed by atoms with Gasteiger partial charge >= 0.3 is 0 Å². The van der Waals surface area contributed by atoms with Crippen molar-refractivity contribution in [2.75, 3.05) is 13.1 Å². The third kappa shape index (κ3) is 6.20. The maximum absolute atomic E-state index is 4.68. The number of para-hydroxylation sites is 1. The van der Waals surface area contributed by atoms with E-state index in [1.165, 1.54) is 16.5 Å². The number of nitrogens with zero attached hydrogens (tertiary/aromatic N) is 2. The van der Waals surface area contributed by atoms with Crippen LogP contribution in [0.3, 0.4) is 0 Å². The Morgan fingerprint density at radius 3 is 2.82 bits per heavy atom. The van der Waals surface area contributed by atoms with Crippen molar-refractivity contribution in [1.82, 2.24) is 20.6 Å². The molecule has 0 aliphatic heterocycles. The molecule has 0 radical (unpaired) electrons. The van der Waals surface area contributed by atoms with Crippen LogP contribution in [0.4, 0.5) is 0 Å². The summed E-state index contributed by atoms with van der Waals surface area (Å²) < 4.78 is 0. The first kappa shape index (κ1) is 22.7. The zero-order chi connectivity index (χ0) is 19.1. The van der Waals surface area contributed by atoms with E-state index in [1.54, 1.807) is 11.3 Å². The second-order valence-corrected chi connectivity index (χ2v) is 7.85. The highest BCUT2D eigenvalue weighted by Crippen LogP contribution is 2.19. The summed E-state index contributed by atoms with van der Waals surface area (Å²) in [6.45, 7) is 8.78. The number of H-pyrrole nitrogens is 1. The molecule has 2 heterocycles. The molecule has 28 heavy (non-hydrogen) atoms. The van der Waals surface area contributed by atoms with Crippen molar-refractivity contribution in [1.29, 1.82) is 0 Å². The van der Waals surface area contributed by atoms with Crippen molar-refractivity contribution in [3.63, 3.8) is 0 Å². The highest BCUT2D eigenvalue weighted by Gasteiger charge is 2.06. The summed E-state index contributed by atoms with van der Waals surface area (Å²) in [6.07, 6.45) is 4.22. The highest BCUT2D eigenvalue weighted by molar-refractivity contribution is 14.0. The molecular formula is C21H30IN5S. The van der Waals surface area contributed by atoms with Gasteiger partial charge in [0.25, 0.3) is 0 Å². The molecule has 0 unspecified atom stereocenters. The molecule has 3 N–H and O–H groups in total. The average Bonchev–Trinajstić information content (AvgIpc) is 3.30. The Kier molecular flexibility index (Phi) is 9.24. The van der Waals surface area contributed by atoms with E-state index in [4.69, 9.17) is 0 Å². The number of guanidine groups is 1. The lowest BCUT2D eigenvalue weighted by Crippen LogP contribution is -2.37. The third-order valence-electron chi connectivity index (χ3n) is 4.47. The fraction of sp³-hybridized carbons (Fsp3) is 0.429. The number of benzene rings is 1. The predicted octanol–water partition coefficient (Wildman–Crippen LogP) is 5.05. The van der Waals surface area contributed by atoms with Gasteiger partial charge in [0, 0.05) is 35.6 Å². The van der Waals surface area contributed by atoms with Crippen LogP contribution in [0.25, 0.3) is 10.9 Å². The normalized spacial score (nSPS) is 11.6. The van der Waals surface area contributed by atoms with E-state index in [0.717, 1.165) is 42.6 Å². The molecule has 7 heteroatoms. The first-order chi connectivity index (χ1) is 13.2. The maximum Gasteiger partial charge on any atom is 0.191 e. The summed E-state index contributed by atoms with van der Waals surface area (Å²) >= 11 is 1.69. The van der Waals surface area contributed by atoms with E-state index in [0.29, 0.717) is 12.5 Å². The second-order valence-electron chi connectivity index (χ2n) is 6.91. The molecule has 0 fully saturated rings. The molecule has 3 rings (SSSR count). The summed E-state index contributed by atoms with van der Waals surface area (Å²) in [4.78, 5) is 12.7. The summed E-state index contributed by atoms with van der Waals surface area (Å²) in [6, 6.07) is 8.46. The van der Waals surface area contributed by atoms with Crippen molar-refractivity contribution in [2.45, 2.75) is 46.1 Å². The van der Waals surface area contributed by atoms with Gasteiger partial charge in [0.15, 0.2) is 5.96 Å². The second kappa shape index (κ2) is 11.4. The van der Waals surface area contributed by atoms with Gasteiger partial charge in [-0.3, -0.25) is 0 Å². The van der Waals surface area contributed by atoms with Gasteiger partial charge in [-0.2, -0.15) is 0 Å². The monoisotopic (exact) mass is 511 g/mol. The van der Waals surface area contributed by atoms with Crippen LogP contribution in [0.2, 0.25) is 0 Å². The maximum atomic E-state index is 4.68. The lowest BCUT2D eigenvalue weighted by Gasteiger charge is -2.10. The number of hydrogen-bond acceptors (Lipinski definition) is 3. The average molecular weight is 511 g/mol. The van der Waals surface area contributed by atoms with Gasteiger partial charge in [-0.25, -0.2) is 9.98 Å². The van der Waals surface area contributed by atoms with Gasteiger partial charge in [0.1, 0.15) is 5.01 Å². The summed E-state index contributed by atoms with van der Waals surface area (Å²) in [5, 5.41) is 11.3. The molecule has 1 aromatic carbocycles. The van der Waals surface area contributed by atoms with E-state index < -0.39 is 0 Å². The molecule has 0 spiro atoms. The van der Waals surface area contributed by atoms with E-state index in [2.05, 4.69) is 82.2 Å². The minimum atomic E-state index is 0. The van der Waals surface area contributed by atoms with Crippen LogP contribution in [-0.2, 0) is 13.0 Å². The summed E-state index contributed by atoms with van der Waals surface area (Å²) in [5.41, 5.74) is 3.74. The minimum Gasteiger partial charge on any atom is -0.361 e. The molecular weight excluding hydrogens is 481 g/mol. The number of nitrogens with one attached hydrogen (secondary N) is 3.